The van der Waals surface area contributed by atoms with Gasteiger partial charge in [0, 0.05) is 32.8 Å². The molecule has 14 aromatic carbocycles. The molecule has 0 N–H and O–H groups in total. The minimum Gasteiger partial charge on any atom is -0.309 e. The van der Waals surface area contributed by atoms with E-state index < -0.39 is 0 Å². The van der Waals surface area contributed by atoms with Gasteiger partial charge < -0.3 is 9.13 Å². The molecular weight excluding hydrogens is 1040 g/mol. The van der Waals surface area contributed by atoms with Crippen LogP contribution in [0.1, 0.15) is 0 Å². The summed E-state index contributed by atoms with van der Waals surface area (Å²) < 4.78 is 4.85. The highest BCUT2D eigenvalue weighted by molar-refractivity contribution is 6.13. The number of nitrogens with zero attached hydrogens (tertiary/aromatic N) is 2. The Morgan fingerprint density at radius 1 is 0.151 bits per heavy atom. The van der Waals surface area contributed by atoms with E-state index in [1.54, 1.807) is 0 Å². The molecule has 0 aliphatic carbocycles. The van der Waals surface area contributed by atoms with Gasteiger partial charge in [-0.25, -0.2) is 0 Å². The zero-order valence-electron chi connectivity index (χ0n) is 47.2. The molecule has 16 aromatic rings. The molecule has 16 rings (SSSR count). The van der Waals surface area contributed by atoms with Crippen molar-refractivity contribution in [3.05, 3.63) is 340 Å². The fourth-order valence-corrected chi connectivity index (χ4v) is 13.0. The van der Waals surface area contributed by atoms with Gasteiger partial charge in [-0.05, 0) is 161 Å². The lowest BCUT2D eigenvalue weighted by Crippen LogP contribution is -1.97. The smallest absolute Gasteiger partial charge is 0.0541 e. The molecule has 0 atom stereocenters. The molecule has 0 fully saturated rings. The van der Waals surface area contributed by atoms with Crippen LogP contribution in [0.4, 0.5) is 0 Å². The maximum absolute atomic E-state index is 2.45. The molecule has 0 aliphatic heterocycles. The second kappa shape index (κ2) is 21.5. The Bertz CT molecular complexity index is 5150. The van der Waals surface area contributed by atoms with Crippen molar-refractivity contribution in [2.24, 2.45) is 0 Å². The predicted molar refractivity (Wildman–Crippen MR) is 364 cm³/mol. The normalized spacial score (nSPS) is 11.5. The van der Waals surface area contributed by atoms with Gasteiger partial charge in [-0.2, -0.15) is 0 Å². The fourth-order valence-electron chi connectivity index (χ4n) is 13.0. The number of benzene rings is 14. The van der Waals surface area contributed by atoms with Gasteiger partial charge in [0.1, 0.15) is 0 Å². The van der Waals surface area contributed by atoms with Crippen molar-refractivity contribution >= 4 is 43.6 Å². The Hall–Kier alpha value is -11.3. The van der Waals surface area contributed by atoms with Crippen LogP contribution in [0.5, 0.6) is 0 Å². The lowest BCUT2D eigenvalue weighted by molar-refractivity contribution is 1.18. The standard InChI is InChI=1S/C84H56N2/c1-3-15-57(16-4-1)59-29-31-60(32-30-59)61-33-37-65(38-34-61)68-19-13-21-70(53-68)71-22-14-20-69(54-71)66-39-35-62(36-40-66)63-41-43-67(44-42-63)75-23-7-10-26-80(75)86-82-28-12-9-25-77(82)79-56-73(48-52-84(79)86)72-47-51-83-78(55-72)76-24-8-11-27-81(76)85(83)74-49-45-64(46-50-74)58-17-5-2-6-18-58/h1-56H. The number of rotatable bonds is 11. The highest BCUT2D eigenvalue weighted by atomic mass is 15.0. The van der Waals surface area contributed by atoms with E-state index in [-0.39, 0.29) is 0 Å². The van der Waals surface area contributed by atoms with Crippen LogP contribution < -0.4 is 0 Å². The first kappa shape index (κ1) is 50.4. The molecule has 2 aromatic heterocycles. The van der Waals surface area contributed by atoms with E-state index in [9.17, 15) is 0 Å². The fraction of sp³-hybridized carbons (Fsp3) is 0. The summed E-state index contributed by atoms with van der Waals surface area (Å²) in [5, 5.41) is 4.95. The number of hydrogen-bond donors (Lipinski definition) is 0. The van der Waals surface area contributed by atoms with Gasteiger partial charge in [0.15, 0.2) is 0 Å². The first-order valence-corrected chi connectivity index (χ1v) is 29.6. The summed E-state index contributed by atoms with van der Waals surface area (Å²) in [6.45, 7) is 0. The largest absolute Gasteiger partial charge is 0.309 e. The second-order valence-corrected chi connectivity index (χ2v) is 22.4. The molecule has 0 amide bonds. The maximum Gasteiger partial charge on any atom is 0.0541 e. The van der Waals surface area contributed by atoms with Crippen LogP contribution in [-0.2, 0) is 0 Å². The summed E-state index contributed by atoms with van der Waals surface area (Å²) in [7, 11) is 0. The third-order valence-corrected chi connectivity index (χ3v) is 17.4. The van der Waals surface area contributed by atoms with Gasteiger partial charge in [-0.15, -0.1) is 0 Å². The summed E-state index contributed by atoms with van der Waals surface area (Å²) in [5.74, 6) is 0. The van der Waals surface area contributed by atoms with Crippen LogP contribution in [0, 0.1) is 0 Å². The number of aromatic nitrogens is 2. The third-order valence-electron chi connectivity index (χ3n) is 17.4. The minimum absolute atomic E-state index is 1.15. The molecule has 0 unspecified atom stereocenters. The van der Waals surface area contributed by atoms with Crippen molar-refractivity contribution in [3.63, 3.8) is 0 Å². The van der Waals surface area contributed by atoms with Crippen LogP contribution in [0.25, 0.3) is 155 Å². The Labute approximate surface area is 501 Å². The van der Waals surface area contributed by atoms with Crippen LogP contribution in [-0.4, -0.2) is 9.13 Å². The van der Waals surface area contributed by atoms with Crippen LogP contribution in [0.3, 0.4) is 0 Å². The van der Waals surface area contributed by atoms with Crippen LogP contribution in [0.2, 0.25) is 0 Å². The van der Waals surface area contributed by atoms with E-state index in [4.69, 9.17) is 0 Å². The highest BCUT2D eigenvalue weighted by Gasteiger charge is 2.19. The molecular formula is C84H56N2. The van der Waals surface area contributed by atoms with Crippen molar-refractivity contribution in [1.82, 2.24) is 9.13 Å². The summed E-state index contributed by atoms with van der Waals surface area (Å²) in [6.07, 6.45) is 0. The summed E-state index contributed by atoms with van der Waals surface area (Å²) in [5.41, 5.74) is 28.7. The van der Waals surface area contributed by atoms with Crippen molar-refractivity contribution in [3.8, 4) is 112 Å². The van der Waals surface area contributed by atoms with Gasteiger partial charge in [-0.1, -0.05) is 273 Å². The molecule has 2 nitrogen and oxygen atoms in total. The zero-order valence-corrected chi connectivity index (χ0v) is 47.2. The maximum atomic E-state index is 2.45. The average Bonchev–Trinajstić information content (AvgIpc) is 1.78. The molecule has 0 radical (unpaired) electrons. The average molecular weight is 1090 g/mol. The Balaban J connectivity index is 0.650. The Morgan fingerprint density at radius 2 is 0.430 bits per heavy atom. The molecule has 0 bridgehead atoms. The lowest BCUT2D eigenvalue weighted by Gasteiger charge is -2.15. The van der Waals surface area contributed by atoms with E-state index in [1.807, 2.05) is 0 Å². The number of hydrogen-bond acceptors (Lipinski definition) is 0. The summed E-state index contributed by atoms with van der Waals surface area (Å²) in [6, 6.07) is 124. The number of para-hydroxylation sites is 3. The molecule has 2 heteroatoms. The number of fused-ring (bicyclic) bond motifs is 6. The molecule has 402 valence electrons. The third kappa shape index (κ3) is 9.18. The minimum atomic E-state index is 1.15. The molecule has 0 spiro atoms. The molecule has 2 heterocycles. The monoisotopic (exact) mass is 1090 g/mol. The van der Waals surface area contributed by atoms with Crippen molar-refractivity contribution in [2.45, 2.75) is 0 Å². The highest BCUT2D eigenvalue weighted by Crippen LogP contribution is 2.41. The Kier molecular flexibility index (Phi) is 12.6. The summed E-state index contributed by atoms with van der Waals surface area (Å²) >= 11 is 0. The SMILES string of the molecule is c1ccc(-c2ccc(-c3ccc(-c4cccc(-c5cccc(-c6ccc(-c7ccc(-c8ccccc8-n8c9ccccc9c9cc(-c%10ccc%11c(c%10)c%10ccccc%10n%11-c%10ccc(-c%11ccccc%11)cc%10)ccc98)cc7)cc6)c5)c4)cc3)cc2)cc1. The molecule has 0 saturated heterocycles. The molecule has 0 saturated carbocycles. The van der Waals surface area contributed by atoms with E-state index in [1.165, 1.54) is 144 Å². The van der Waals surface area contributed by atoms with E-state index in [0.29, 0.717) is 0 Å². The van der Waals surface area contributed by atoms with Crippen molar-refractivity contribution < 1.29 is 0 Å². The van der Waals surface area contributed by atoms with Gasteiger partial charge in [0.25, 0.3) is 0 Å². The van der Waals surface area contributed by atoms with Gasteiger partial charge in [-0.3, -0.25) is 0 Å². The van der Waals surface area contributed by atoms with E-state index >= 15 is 0 Å². The lowest BCUT2D eigenvalue weighted by atomic mass is 9.94. The van der Waals surface area contributed by atoms with Gasteiger partial charge in [0.2, 0.25) is 0 Å². The zero-order chi connectivity index (χ0) is 56.9. The molecule has 86 heavy (non-hydrogen) atoms. The van der Waals surface area contributed by atoms with Crippen molar-refractivity contribution in [2.75, 3.05) is 0 Å². The predicted octanol–water partition coefficient (Wildman–Crippen LogP) is 22.9. The van der Waals surface area contributed by atoms with Gasteiger partial charge in [0.05, 0.1) is 27.8 Å². The topological polar surface area (TPSA) is 9.86 Å². The van der Waals surface area contributed by atoms with Gasteiger partial charge >= 0.3 is 0 Å². The van der Waals surface area contributed by atoms with Crippen molar-refractivity contribution in [1.29, 1.82) is 0 Å². The van der Waals surface area contributed by atoms with Crippen LogP contribution >= 0.6 is 0 Å². The Morgan fingerprint density at radius 3 is 0.884 bits per heavy atom. The first-order valence-electron chi connectivity index (χ1n) is 29.6. The van der Waals surface area contributed by atoms with E-state index in [0.717, 1.165) is 11.4 Å². The van der Waals surface area contributed by atoms with E-state index in [2.05, 4.69) is 349 Å². The van der Waals surface area contributed by atoms with Crippen LogP contribution in [0.15, 0.2) is 340 Å². The second-order valence-electron chi connectivity index (χ2n) is 22.4. The first-order chi connectivity index (χ1) is 42.6. The quantitative estimate of drug-likeness (QED) is 0.122. The molecule has 0 aliphatic rings. The summed E-state index contributed by atoms with van der Waals surface area (Å²) in [4.78, 5) is 0.